The van der Waals surface area contributed by atoms with Gasteiger partial charge in [0.25, 0.3) is 0 Å². The van der Waals surface area contributed by atoms with Gasteiger partial charge in [-0.15, -0.1) is 0 Å². The van der Waals surface area contributed by atoms with E-state index in [2.05, 4.69) is 15.9 Å². The SMILES string of the molecule is Nc1ccc(Br)c(S(=O)(=O)N2CCSCC2)c1. The molecule has 0 aromatic heterocycles. The van der Waals surface area contributed by atoms with Crippen molar-refractivity contribution in [3.63, 3.8) is 0 Å². The van der Waals surface area contributed by atoms with Crippen molar-refractivity contribution in [3.8, 4) is 0 Å². The molecule has 0 spiro atoms. The van der Waals surface area contributed by atoms with Gasteiger partial charge in [0.2, 0.25) is 10.0 Å². The van der Waals surface area contributed by atoms with E-state index in [1.54, 1.807) is 23.9 Å². The predicted molar refractivity (Wildman–Crippen MR) is 74.6 cm³/mol. The van der Waals surface area contributed by atoms with Crippen molar-refractivity contribution in [1.29, 1.82) is 0 Å². The highest BCUT2D eigenvalue weighted by atomic mass is 79.9. The number of sulfonamides is 1. The Morgan fingerprint density at radius 1 is 1.29 bits per heavy atom. The fourth-order valence-electron chi connectivity index (χ4n) is 1.64. The first kappa shape index (κ1) is 13.2. The smallest absolute Gasteiger partial charge is 0.244 e. The lowest BCUT2D eigenvalue weighted by molar-refractivity contribution is 0.443. The summed E-state index contributed by atoms with van der Waals surface area (Å²) in [5, 5.41) is 0. The third-order valence-electron chi connectivity index (χ3n) is 2.54. The Bertz CT molecular complexity index is 513. The van der Waals surface area contributed by atoms with Crippen molar-refractivity contribution >= 4 is 43.4 Å². The minimum Gasteiger partial charge on any atom is -0.399 e. The van der Waals surface area contributed by atoms with Gasteiger partial charge in [0.1, 0.15) is 0 Å². The molecular formula is C10H13BrN2O2S2. The average Bonchev–Trinajstić information content (AvgIpc) is 2.33. The molecule has 0 unspecified atom stereocenters. The summed E-state index contributed by atoms with van der Waals surface area (Å²) in [5.74, 6) is 1.69. The quantitative estimate of drug-likeness (QED) is 0.836. The number of nitrogen functional groups attached to an aromatic ring is 1. The number of hydrogen-bond acceptors (Lipinski definition) is 4. The number of halogens is 1. The highest BCUT2D eigenvalue weighted by Gasteiger charge is 2.27. The molecule has 1 aromatic rings. The molecule has 1 saturated heterocycles. The zero-order valence-corrected chi connectivity index (χ0v) is 12.3. The molecule has 17 heavy (non-hydrogen) atoms. The maximum atomic E-state index is 12.4. The fourth-order valence-corrected chi connectivity index (χ4v) is 5.18. The number of nitrogens with zero attached hydrogens (tertiary/aromatic N) is 1. The molecule has 1 heterocycles. The molecular weight excluding hydrogens is 324 g/mol. The molecule has 0 atom stereocenters. The molecule has 0 saturated carbocycles. The van der Waals surface area contributed by atoms with E-state index in [9.17, 15) is 8.42 Å². The van der Waals surface area contributed by atoms with Crippen LogP contribution in [-0.4, -0.2) is 37.3 Å². The van der Waals surface area contributed by atoms with E-state index in [1.165, 1.54) is 10.4 Å². The Labute approximate surface area is 114 Å². The monoisotopic (exact) mass is 336 g/mol. The summed E-state index contributed by atoms with van der Waals surface area (Å²) >= 11 is 5.04. The zero-order chi connectivity index (χ0) is 12.5. The molecule has 94 valence electrons. The zero-order valence-electron chi connectivity index (χ0n) is 9.10. The number of rotatable bonds is 2. The molecule has 2 N–H and O–H groups in total. The first-order chi connectivity index (χ1) is 8.01. The first-order valence-corrected chi connectivity index (χ1v) is 8.53. The lowest BCUT2D eigenvalue weighted by Gasteiger charge is -2.26. The molecule has 2 rings (SSSR count). The summed E-state index contributed by atoms with van der Waals surface area (Å²) in [6, 6.07) is 4.84. The summed E-state index contributed by atoms with van der Waals surface area (Å²) in [6.07, 6.45) is 0. The topological polar surface area (TPSA) is 63.4 Å². The number of thioether (sulfide) groups is 1. The van der Waals surface area contributed by atoms with Gasteiger partial charge >= 0.3 is 0 Å². The van der Waals surface area contributed by atoms with Crippen molar-refractivity contribution < 1.29 is 8.42 Å². The maximum absolute atomic E-state index is 12.4. The van der Waals surface area contributed by atoms with E-state index in [4.69, 9.17) is 5.73 Å². The van der Waals surface area contributed by atoms with E-state index in [0.717, 1.165) is 11.5 Å². The van der Waals surface area contributed by atoms with Gasteiger partial charge in [-0.2, -0.15) is 16.1 Å². The summed E-state index contributed by atoms with van der Waals surface area (Å²) in [6.45, 7) is 1.13. The second kappa shape index (κ2) is 5.17. The van der Waals surface area contributed by atoms with E-state index in [-0.39, 0.29) is 4.90 Å². The van der Waals surface area contributed by atoms with Crippen LogP contribution in [0.3, 0.4) is 0 Å². The molecule has 1 aliphatic rings. The summed E-state index contributed by atoms with van der Waals surface area (Å²) in [4.78, 5) is 0.254. The molecule has 4 nitrogen and oxygen atoms in total. The minimum absolute atomic E-state index is 0.254. The lowest BCUT2D eigenvalue weighted by Crippen LogP contribution is -2.38. The summed E-state index contributed by atoms with van der Waals surface area (Å²) in [7, 11) is -3.42. The van der Waals surface area contributed by atoms with Crippen molar-refractivity contribution in [1.82, 2.24) is 4.31 Å². The van der Waals surface area contributed by atoms with Gasteiger partial charge in [-0.1, -0.05) is 0 Å². The Morgan fingerprint density at radius 3 is 2.59 bits per heavy atom. The van der Waals surface area contributed by atoms with Gasteiger partial charge in [0.05, 0.1) is 4.90 Å². The second-order valence-corrected chi connectivity index (χ2v) is 7.69. The van der Waals surface area contributed by atoms with Crippen LogP contribution in [0.25, 0.3) is 0 Å². The van der Waals surface area contributed by atoms with Gasteiger partial charge < -0.3 is 5.73 Å². The highest BCUT2D eigenvalue weighted by Crippen LogP contribution is 2.28. The summed E-state index contributed by atoms with van der Waals surface area (Å²) in [5.41, 5.74) is 6.10. The Kier molecular flexibility index (Phi) is 4.02. The van der Waals surface area contributed by atoms with Crippen molar-refractivity contribution in [2.24, 2.45) is 0 Å². The molecule has 0 aliphatic carbocycles. The Hall–Kier alpha value is -0.240. The van der Waals surface area contributed by atoms with E-state index < -0.39 is 10.0 Å². The van der Waals surface area contributed by atoms with Crippen molar-refractivity contribution in [2.45, 2.75) is 4.90 Å². The van der Waals surface area contributed by atoms with Crippen LogP contribution in [0.1, 0.15) is 0 Å². The second-order valence-electron chi connectivity index (χ2n) is 3.71. The molecule has 0 amide bonds. The van der Waals surface area contributed by atoms with Crippen LogP contribution in [0, 0.1) is 0 Å². The first-order valence-electron chi connectivity index (χ1n) is 5.15. The number of nitrogens with two attached hydrogens (primary N) is 1. The van der Waals surface area contributed by atoms with Gasteiger partial charge in [-0.05, 0) is 34.1 Å². The van der Waals surface area contributed by atoms with Crippen LogP contribution in [0.4, 0.5) is 5.69 Å². The van der Waals surface area contributed by atoms with Crippen LogP contribution < -0.4 is 5.73 Å². The standard InChI is InChI=1S/C10H13BrN2O2S2/c11-9-2-1-8(12)7-10(9)17(14,15)13-3-5-16-6-4-13/h1-2,7H,3-6,12H2. The number of benzene rings is 1. The van der Waals surface area contributed by atoms with Crippen molar-refractivity contribution in [2.75, 3.05) is 30.3 Å². The van der Waals surface area contributed by atoms with Gasteiger partial charge in [-0.25, -0.2) is 8.42 Å². The van der Waals surface area contributed by atoms with Crippen LogP contribution in [0.2, 0.25) is 0 Å². The third kappa shape index (κ3) is 2.78. The van der Waals surface area contributed by atoms with Crippen LogP contribution in [0.15, 0.2) is 27.6 Å². The van der Waals surface area contributed by atoms with Gasteiger partial charge in [0.15, 0.2) is 0 Å². The van der Waals surface area contributed by atoms with E-state index in [0.29, 0.717) is 23.2 Å². The predicted octanol–water partition coefficient (Wildman–Crippen LogP) is 1.77. The maximum Gasteiger partial charge on any atom is 0.244 e. The van der Waals surface area contributed by atoms with Crippen LogP contribution in [0.5, 0.6) is 0 Å². The average molecular weight is 337 g/mol. The third-order valence-corrected chi connectivity index (χ3v) is 6.38. The molecule has 1 aromatic carbocycles. The highest BCUT2D eigenvalue weighted by molar-refractivity contribution is 9.10. The molecule has 1 fully saturated rings. The molecule has 0 radical (unpaired) electrons. The van der Waals surface area contributed by atoms with E-state index in [1.807, 2.05) is 0 Å². The van der Waals surface area contributed by atoms with Crippen LogP contribution >= 0.6 is 27.7 Å². The largest absolute Gasteiger partial charge is 0.399 e. The number of anilines is 1. The van der Waals surface area contributed by atoms with Crippen molar-refractivity contribution in [3.05, 3.63) is 22.7 Å². The molecule has 1 aliphatic heterocycles. The normalized spacial score (nSPS) is 18.2. The summed E-state index contributed by atoms with van der Waals surface area (Å²) < 4.78 is 26.9. The fraction of sp³-hybridized carbons (Fsp3) is 0.400. The Morgan fingerprint density at radius 2 is 1.94 bits per heavy atom. The number of hydrogen-bond donors (Lipinski definition) is 1. The van der Waals surface area contributed by atoms with Crippen LogP contribution in [-0.2, 0) is 10.0 Å². The minimum atomic E-state index is -3.42. The Balaban J connectivity index is 2.40. The molecule has 0 bridgehead atoms. The van der Waals surface area contributed by atoms with Gasteiger partial charge in [0, 0.05) is 34.8 Å². The van der Waals surface area contributed by atoms with Gasteiger partial charge in [-0.3, -0.25) is 0 Å². The molecule has 7 heteroatoms. The lowest BCUT2D eigenvalue weighted by atomic mass is 10.3. The van der Waals surface area contributed by atoms with E-state index >= 15 is 0 Å².